The van der Waals surface area contributed by atoms with Gasteiger partial charge in [0.25, 0.3) is 0 Å². The van der Waals surface area contributed by atoms with Crippen LogP contribution in [0.4, 0.5) is 5.69 Å². The second-order valence-electron chi connectivity index (χ2n) is 6.26. The normalized spacial score (nSPS) is 20.6. The first-order valence-corrected chi connectivity index (χ1v) is 7.98. The van der Waals surface area contributed by atoms with E-state index in [1.165, 1.54) is 23.3 Å². The van der Waals surface area contributed by atoms with Crippen LogP contribution in [0.15, 0.2) is 24.3 Å². The Labute approximate surface area is 131 Å². The number of hydrogen-bond donors (Lipinski definition) is 1. The summed E-state index contributed by atoms with van der Waals surface area (Å²) in [5.41, 5.74) is 2.09. The summed E-state index contributed by atoms with van der Waals surface area (Å²) in [6.07, 6.45) is 3.32. The lowest BCUT2D eigenvalue weighted by atomic mass is 9.90. The lowest BCUT2D eigenvalue weighted by Crippen LogP contribution is -2.52. The molecule has 2 amide bonds. The van der Waals surface area contributed by atoms with Crippen LogP contribution >= 0.6 is 0 Å². The Hall–Kier alpha value is -1.88. The van der Waals surface area contributed by atoms with Gasteiger partial charge in [-0.3, -0.25) is 9.59 Å². The van der Waals surface area contributed by atoms with Crippen molar-refractivity contribution in [3.05, 3.63) is 29.8 Å². The number of carbonyl (C=O) groups is 2. The Morgan fingerprint density at radius 1 is 1.09 bits per heavy atom. The van der Waals surface area contributed by atoms with Gasteiger partial charge in [0, 0.05) is 12.7 Å². The van der Waals surface area contributed by atoms with E-state index in [1.54, 1.807) is 11.9 Å². The van der Waals surface area contributed by atoms with Crippen LogP contribution in [-0.4, -0.2) is 49.9 Å². The quantitative estimate of drug-likeness (QED) is 0.907. The molecule has 2 aliphatic rings. The van der Waals surface area contributed by atoms with Crippen LogP contribution in [0.25, 0.3) is 0 Å². The molecule has 2 aliphatic heterocycles. The number of carbonyl (C=O) groups excluding carboxylic acids is 2. The van der Waals surface area contributed by atoms with Crippen LogP contribution in [0.1, 0.15) is 18.4 Å². The maximum Gasteiger partial charge on any atom is 0.247 e. The molecule has 0 radical (unpaired) electrons. The van der Waals surface area contributed by atoms with Crippen LogP contribution in [0, 0.1) is 5.92 Å². The predicted octanol–water partition coefficient (Wildman–Crippen LogP) is 1.03. The summed E-state index contributed by atoms with van der Waals surface area (Å²) in [5, 5.41) is 3.38. The largest absolute Gasteiger partial charge is 0.335 e. The van der Waals surface area contributed by atoms with Crippen molar-refractivity contribution in [2.45, 2.75) is 19.3 Å². The minimum atomic E-state index is -0.00345. The molecule has 0 unspecified atom stereocenters. The molecule has 5 nitrogen and oxygen atoms in total. The van der Waals surface area contributed by atoms with E-state index in [9.17, 15) is 9.59 Å². The van der Waals surface area contributed by atoms with Crippen LogP contribution in [0.2, 0.25) is 0 Å². The molecule has 1 aromatic carbocycles. The Kier molecular flexibility index (Phi) is 4.43. The van der Waals surface area contributed by atoms with E-state index in [0.717, 1.165) is 25.2 Å². The molecule has 0 aliphatic carbocycles. The fourth-order valence-electron chi connectivity index (χ4n) is 3.28. The number of rotatable bonds is 3. The van der Waals surface area contributed by atoms with Gasteiger partial charge in [-0.15, -0.1) is 0 Å². The van der Waals surface area contributed by atoms with Crippen molar-refractivity contribution in [3.8, 4) is 0 Å². The zero-order chi connectivity index (χ0) is 15.5. The van der Waals surface area contributed by atoms with Crippen molar-refractivity contribution in [3.63, 3.8) is 0 Å². The molecule has 2 saturated heterocycles. The van der Waals surface area contributed by atoms with Crippen LogP contribution in [0.3, 0.4) is 0 Å². The highest BCUT2D eigenvalue weighted by atomic mass is 16.2. The topological polar surface area (TPSA) is 52.7 Å². The Balaban J connectivity index is 1.81. The van der Waals surface area contributed by atoms with Crippen LogP contribution < -0.4 is 10.2 Å². The molecule has 0 bridgehead atoms. The average Bonchev–Trinajstić information content (AvgIpc) is 2.53. The first kappa shape index (κ1) is 15.0. The third-order valence-electron chi connectivity index (χ3n) is 4.64. The summed E-state index contributed by atoms with van der Waals surface area (Å²) in [6.45, 7) is 2.45. The Bertz CT molecular complexity index is 567. The van der Waals surface area contributed by atoms with E-state index in [2.05, 4.69) is 11.4 Å². The van der Waals surface area contributed by atoms with Gasteiger partial charge in [0.15, 0.2) is 0 Å². The molecule has 0 spiro atoms. The summed E-state index contributed by atoms with van der Waals surface area (Å²) in [7, 11) is 1.68. The van der Waals surface area contributed by atoms with E-state index in [0.29, 0.717) is 5.92 Å². The molecule has 118 valence electrons. The van der Waals surface area contributed by atoms with Crippen molar-refractivity contribution in [1.29, 1.82) is 0 Å². The van der Waals surface area contributed by atoms with Gasteiger partial charge in [-0.25, -0.2) is 0 Å². The summed E-state index contributed by atoms with van der Waals surface area (Å²) in [6, 6.07) is 8.01. The van der Waals surface area contributed by atoms with Gasteiger partial charge in [0.05, 0.1) is 6.54 Å². The molecule has 0 atom stereocenters. The van der Waals surface area contributed by atoms with Crippen LogP contribution in [-0.2, 0) is 16.0 Å². The summed E-state index contributed by atoms with van der Waals surface area (Å²) in [4.78, 5) is 27.4. The Morgan fingerprint density at radius 3 is 2.59 bits per heavy atom. The molecule has 1 aromatic rings. The predicted molar refractivity (Wildman–Crippen MR) is 85.7 cm³/mol. The number of piperazine rings is 1. The first-order chi connectivity index (χ1) is 10.6. The SMILES string of the molecule is CN1CC(=O)N(c2ccccc2CC2CCNCC2)CC1=O. The van der Waals surface area contributed by atoms with Gasteiger partial charge >= 0.3 is 0 Å². The number of anilines is 1. The molecule has 22 heavy (non-hydrogen) atoms. The maximum absolute atomic E-state index is 12.3. The number of piperidine rings is 1. The molecule has 0 saturated carbocycles. The molecular weight excluding hydrogens is 278 g/mol. The van der Waals surface area contributed by atoms with Gasteiger partial charge in [-0.05, 0) is 49.9 Å². The third kappa shape index (κ3) is 3.14. The van der Waals surface area contributed by atoms with E-state index < -0.39 is 0 Å². The molecule has 1 N–H and O–H groups in total. The second-order valence-corrected chi connectivity index (χ2v) is 6.26. The summed E-state index contributed by atoms with van der Waals surface area (Å²) >= 11 is 0. The van der Waals surface area contributed by atoms with E-state index >= 15 is 0 Å². The lowest BCUT2D eigenvalue weighted by Gasteiger charge is -2.33. The van der Waals surface area contributed by atoms with Gasteiger partial charge in [-0.2, -0.15) is 0 Å². The highest BCUT2D eigenvalue weighted by Crippen LogP contribution is 2.27. The number of likely N-dealkylation sites (N-methyl/N-ethyl adjacent to an activating group) is 1. The molecule has 3 rings (SSSR count). The fraction of sp³-hybridized carbons (Fsp3) is 0.529. The van der Waals surface area contributed by atoms with E-state index in [4.69, 9.17) is 0 Å². The van der Waals surface area contributed by atoms with Gasteiger partial charge in [0.2, 0.25) is 11.8 Å². The minimum absolute atomic E-state index is 0.000129. The second kappa shape index (κ2) is 6.48. The van der Waals surface area contributed by atoms with Gasteiger partial charge < -0.3 is 15.1 Å². The third-order valence-corrected chi connectivity index (χ3v) is 4.64. The van der Waals surface area contributed by atoms with Crippen LogP contribution in [0.5, 0.6) is 0 Å². The molecule has 2 heterocycles. The monoisotopic (exact) mass is 301 g/mol. The smallest absolute Gasteiger partial charge is 0.247 e. The number of benzene rings is 1. The van der Waals surface area contributed by atoms with Crippen molar-refractivity contribution in [2.24, 2.45) is 5.92 Å². The molecule has 5 heteroatoms. The number of amides is 2. The summed E-state index contributed by atoms with van der Waals surface area (Å²) in [5.74, 6) is 0.650. The number of hydrogen-bond acceptors (Lipinski definition) is 3. The Morgan fingerprint density at radius 2 is 1.82 bits per heavy atom. The molecule has 2 fully saturated rings. The van der Waals surface area contributed by atoms with E-state index in [1.807, 2.05) is 18.2 Å². The molecular formula is C17H23N3O2. The van der Waals surface area contributed by atoms with Crippen molar-refractivity contribution < 1.29 is 9.59 Å². The van der Waals surface area contributed by atoms with Crippen molar-refractivity contribution in [1.82, 2.24) is 10.2 Å². The maximum atomic E-state index is 12.3. The van der Waals surface area contributed by atoms with Gasteiger partial charge in [0.1, 0.15) is 6.54 Å². The van der Waals surface area contributed by atoms with E-state index in [-0.39, 0.29) is 24.9 Å². The minimum Gasteiger partial charge on any atom is -0.335 e. The van der Waals surface area contributed by atoms with Gasteiger partial charge in [-0.1, -0.05) is 18.2 Å². The highest BCUT2D eigenvalue weighted by Gasteiger charge is 2.30. The number of para-hydroxylation sites is 1. The lowest BCUT2D eigenvalue weighted by molar-refractivity contribution is -0.136. The number of nitrogens with zero attached hydrogens (tertiary/aromatic N) is 2. The van der Waals surface area contributed by atoms with Crippen molar-refractivity contribution in [2.75, 3.05) is 38.1 Å². The standard InChI is InChI=1S/C17H23N3O2/c1-19-11-17(22)20(12-16(19)21)15-5-3-2-4-14(15)10-13-6-8-18-9-7-13/h2-5,13,18H,6-12H2,1H3. The van der Waals surface area contributed by atoms with Crippen molar-refractivity contribution >= 4 is 17.5 Å². The zero-order valence-corrected chi connectivity index (χ0v) is 13.0. The first-order valence-electron chi connectivity index (χ1n) is 7.98. The summed E-state index contributed by atoms with van der Waals surface area (Å²) < 4.78 is 0. The zero-order valence-electron chi connectivity index (χ0n) is 13.0. The highest BCUT2D eigenvalue weighted by molar-refractivity contribution is 6.04. The number of nitrogens with one attached hydrogen (secondary N) is 1. The average molecular weight is 301 g/mol. The fourth-order valence-corrected chi connectivity index (χ4v) is 3.28. The molecule has 0 aromatic heterocycles.